The van der Waals surface area contributed by atoms with Gasteiger partial charge in [-0.3, -0.25) is 0 Å². The van der Waals surface area contributed by atoms with Crippen molar-refractivity contribution in [1.82, 2.24) is 0 Å². The van der Waals surface area contributed by atoms with Gasteiger partial charge in [0, 0.05) is 0 Å². The van der Waals surface area contributed by atoms with Gasteiger partial charge in [0.1, 0.15) is 0 Å². The maximum atomic E-state index is 11.8. The van der Waals surface area contributed by atoms with E-state index in [0.717, 1.165) is 11.3 Å². The Bertz CT molecular complexity index is 652. The first kappa shape index (κ1) is 20.7. The minimum Gasteiger partial charge on any atom is -0.870 e. The number of terminal acetylenes is 1. The molecule has 1 atom stereocenters. The first-order valence-corrected chi connectivity index (χ1v) is 6.88. The molecule has 0 aromatic heterocycles. The number of carbonyl (C=O) groups is 1. The van der Waals surface area contributed by atoms with Crippen LogP contribution < -0.4 is 4.74 Å². The van der Waals surface area contributed by atoms with Crippen molar-refractivity contribution in [3.8, 4) is 23.8 Å². The molecule has 0 aliphatic heterocycles. The minimum atomic E-state index is -0.494. The molecule has 0 fully saturated rings. The maximum Gasteiger partial charge on any atom is -0.870 e. The predicted molar refractivity (Wildman–Crippen MR) is 84.9 cm³/mol. The third-order valence-electron chi connectivity index (χ3n) is 2.96. The van der Waals surface area contributed by atoms with Gasteiger partial charge in [-0.25, -0.2) is 0 Å². The van der Waals surface area contributed by atoms with Crippen molar-refractivity contribution in [1.29, 1.82) is 0 Å². The second-order valence-corrected chi connectivity index (χ2v) is 4.62. The third-order valence-corrected chi connectivity index (χ3v) is 3.19. The smallest absolute Gasteiger partial charge is 0.870 e. The Hall–Kier alpha value is -2.28. The van der Waals surface area contributed by atoms with Gasteiger partial charge in [0.05, 0.1) is 0 Å². The minimum absolute atomic E-state index is 0. The predicted octanol–water partition coefficient (Wildman–Crippen LogP) is 2.86. The molecule has 0 aliphatic rings. The van der Waals surface area contributed by atoms with Crippen molar-refractivity contribution < 1.29 is 24.3 Å². The quantitative estimate of drug-likeness (QED) is 0.622. The van der Waals surface area contributed by atoms with Crippen molar-refractivity contribution in [2.75, 3.05) is 0 Å². The van der Waals surface area contributed by atoms with E-state index < -0.39 is 5.92 Å². The van der Waals surface area contributed by atoms with Crippen LogP contribution >= 0.6 is 0 Å². The molecule has 2 aromatic rings. The Labute approximate surface area is 143 Å². The second kappa shape index (κ2) is 10.4. The molecular weight excluding hydrogens is 311 g/mol. The van der Waals surface area contributed by atoms with Crippen LogP contribution in [-0.4, -0.2) is 33.5 Å². The molecule has 1 unspecified atom stereocenters. The zero-order chi connectivity index (χ0) is 15.1. The van der Waals surface area contributed by atoms with Crippen molar-refractivity contribution in [2.24, 2.45) is 0 Å². The molecule has 23 heavy (non-hydrogen) atoms. The number of hydrogen-bond donors (Lipinski definition) is 0. The van der Waals surface area contributed by atoms with Gasteiger partial charge in [0.2, 0.25) is 0 Å². The number of hydrogen-bond acceptors (Lipinski definition) is 5. The van der Waals surface area contributed by atoms with Crippen LogP contribution in [0.2, 0.25) is 0 Å². The van der Waals surface area contributed by atoms with Crippen LogP contribution in [0.1, 0.15) is 17.9 Å². The molecule has 0 spiro atoms. The molecule has 0 saturated heterocycles. The SMILES string of the molecule is C#CCC(C(=O)[O][Al+2])c1cccc(Oc2ccccc2)c1.[OH-].[OH-]. The second-order valence-electron chi connectivity index (χ2n) is 4.39. The van der Waals surface area contributed by atoms with E-state index in [1.165, 1.54) is 0 Å². The number of carbonyl (C=O) groups excluding carboxylic acids is 1. The number of rotatable bonds is 5. The Morgan fingerprint density at radius 3 is 2.35 bits per heavy atom. The molecule has 2 N–H and O–H groups in total. The van der Waals surface area contributed by atoms with Crippen LogP contribution in [-0.2, 0) is 8.58 Å². The van der Waals surface area contributed by atoms with Crippen molar-refractivity contribution in [2.45, 2.75) is 12.3 Å². The fraction of sp³-hybridized carbons (Fsp3) is 0.118. The molecule has 116 valence electrons. The van der Waals surface area contributed by atoms with Gasteiger partial charge in [0.25, 0.3) is 0 Å². The molecule has 0 aliphatic carbocycles. The maximum absolute atomic E-state index is 11.8. The van der Waals surface area contributed by atoms with Crippen LogP contribution in [0.4, 0.5) is 0 Å². The van der Waals surface area contributed by atoms with Crippen molar-refractivity contribution in [3.63, 3.8) is 0 Å². The summed E-state index contributed by atoms with van der Waals surface area (Å²) < 4.78 is 10.5. The van der Waals surface area contributed by atoms with Crippen LogP contribution in [0.25, 0.3) is 0 Å². The number of benzene rings is 2. The molecular formula is C17H15AlO5. The van der Waals surface area contributed by atoms with Gasteiger partial charge in [-0.15, -0.1) is 0 Å². The summed E-state index contributed by atoms with van der Waals surface area (Å²) in [7, 11) is 0. The standard InChI is InChI=1S/C17H14O3.Al.2H2O/c1-2-7-16(17(18)19)13-8-6-11-15(12-13)20-14-9-4-3-5-10-14;;;/h1,3-6,8-12,16H,7H2,(H,18,19);;2*1H2/q;+3;;/p-3. The van der Waals surface area contributed by atoms with Crippen molar-refractivity contribution >= 4 is 22.6 Å². The molecule has 0 heterocycles. The topological polar surface area (TPSA) is 95.5 Å². The van der Waals surface area contributed by atoms with Crippen molar-refractivity contribution in [3.05, 3.63) is 60.2 Å². The van der Waals surface area contributed by atoms with Gasteiger partial charge in [-0.2, -0.15) is 0 Å². The zero-order valence-electron chi connectivity index (χ0n) is 12.3. The van der Waals surface area contributed by atoms with E-state index in [0.29, 0.717) is 5.75 Å². The average molecular weight is 326 g/mol. The molecule has 0 amide bonds. The van der Waals surface area contributed by atoms with E-state index in [9.17, 15) is 4.79 Å². The molecule has 6 heteroatoms. The Morgan fingerprint density at radius 1 is 1.09 bits per heavy atom. The summed E-state index contributed by atoms with van der Waals surface area (Å²) in [5.41, 5.74) is 0.772. The van der Waals surface area contributed by atoms with Gasteiger partial charge < -0.3 is 11.0 Å². The summed E-state index contributed by atoms with van der Waals surface area (Å²) in [6, 6.07) is 16.7. The Morgan fingerprint density at radius 2 is 1.74 bits per heavy atom. The van der Waals surface area contributed by atoms with Gasteiger partial charge in [0.15, 0.2) is 0 Å². The van der Waals surface area contributed by atoms with Crippen LogP contribution in [0.3, 0.4) is 0 Å². The molecule has 2 aromatic carbocycles. The molecule has 5 nitrogen and oxygen atoms in total. The Kier molecular flexibility index (Phi) is 9.41. The number of para-hydroxylation sites is 1. The van der Waals surface area contributed by atoms with Gasteiger partial charge >= 0.3 is 132 Å². The molecule has 0 radical (unpaired) electrons. The first-order valence-electron chi connectivity index (χ1n) is 6.41. The summed E-state index contributed by atoms with van der Waals surface area (Å²) in [6.45, 7) is 0. The third kappa shape index (κ3) is 5.79. The summed E-state index contributed by atoms with van der Waals surface area (Å²) >= 11 is 1.96. The largest absolute Gasteiger partial charge is 0.870 e. The first-order chi connectivity index (χ1) is 10.2. The normalized spacial score (nSPS) is 10.3. The summed E-state index contributed by atoms with van der Waals surface area (Å²) in [5, 5.41) is 0. The van der Waals surface area contributed by atoms with Crippen LogP contribution in [0.15, 0.2) is 54.6 Å². The Balaban J connectivity index is 0.00000242. The van der Waals surface area contributed by atoms with E-state index in [1.54, 1.807) is 6.07 Å². The number of ether oxygens (including phenoxy) is 1. The van der Waals surface area contributed by atoms with E-state index >= 15 is 0 Å². The van der Waals surface area contributed by atoms with Crippen LogP contribution in [0.5, 0.6) is 11.5 Å². The van der Waals surface area contributed by atoms with E-state index in [1.807, 2.05) is 65.2 Å². The molecule has 0 bridgehead atoms. The van der Waals surface area contributed by atoms with Gasteiger partial charge in [-0.1, -0.05) is 0 Å². The molecule has 0 saturated carbocycles. The molecule has 2 rings (SSSR count). The fourth-order valence-corrected chi connectivity index (χ4v) is 2.12. The van der Waals surface area contributed by atoms with E-state index in [2.05, 4.69) is 5.92 Å². The van der Waals surface area contributed by atoms with Crippen LogP contribution in [0, 0.1) is 12.3 Å². The monoisotopic (exact) mass is 326 g/mol. The summed E-state index contributed by atoms with van der Waals surface area (Å²) in [4.78, 5) is 11.8. The van der Waals surface area contributed by atoms with E-state index in [4.69, 9.17) is 14.9 Å². The summed E-state index contributed by atoms with van der Waals surface area (Å²) in [5.74, 6) is 3.01. The van der Waals surface area contributed by atoms with Gasteiger partial charge in [-0.05, 0) is 0 Å². The van der Waals surface area contributed by atoms with E-state index in [-0.39, 0.29) is 23.3 Å². The fourth-order valence-electron chi connectivity index (χ4n) is 1.96. The zero-order valence-corrected chi connectivity index (χ0v) is 13.4. The average Bonchev–Trinajstić information content (AvgIpc) is 2.53. The summed E-state index contributed by atoms with van der Waals surface area (Å²) in [6.07, 6.45) is 5.60.